The summed E-state index contributed by atoms with van der Waals surface area (Å²) >= 11 is 0. The quantitative estimate of drug-likeness (QED) is 0.881. The molecule has 1 N–H and O–H groups in total. The van der Waals surface area contributed by atoms with Crippen LogP contribution in [0.15, 0.2) is 52.8 Å². The van der Waals surface area contributed by atoms with Crippen LogP contribution < -0.4 is 10.2 Å². The zero-order chi connectivity index (χ0) is 17.4. The Bertz CT molecular complexity index is 933. The van der Waals surface area contributed by atoms with Gasteiger partial charge in [0.2, 0.25) is 9.84 Å². The van der Waals surface area contributed by atoms with Crippen molar-refractivity contribution in [2.24, 2.45) is 0 Å². The Hall–Kier alpha value is -2.34. The lowest BCUT2D eigenvalue weighted by Gasteiger charge is -2.30. The second-order valence-electron chi connectivity index (χ2n) is 6.42. The van der Waals surface area contributed by atoms with Crippen LogP contribution in [0, 0.1) is 5.82 Å². The normalized spacial score (nSPS) is 18.9. The van der Waals surface area contributed by atoms with Crippen molar-refractivity contribution in [2.45, 2.75) is 24.2 Å². The fourth-order valence-electron chi connectivity index (χ4n) is 3.40. The van der Waals surface area contributed by atoms with Gasteiger partial charge in [-0.1, -0.05) is 30.3 Å². The molecule has 0 radical (unpaired) electrons. The minimum absolute atomic E-state index is 0.00885. The third-order valence-corrected chi connectivity index (χ3v) is 6.18. The number of sulfone groups is 1. The molecule has 0 atom stereocenters. The van der Waals surface area contributed by atoms with Crippen LogP contribution in [0.5, 0.6) is 0 Å². The molecule has 130 valence electrons. The average Bonchev–Trinajstić information content (AvgIpc) is 2.63. The number of nitrogens with zero attached hydrogens (tertiary/aromatic N) is 1. The molecule has 0 unspecified atom stereocenters. The summed E-state index contributed by atoms with van der Waals surface area (Å²) in [6, 6.07) is 12.0. The average molecular weight is 358 g/mol. The van der Waals surface area contributed by atoms with E-state index in [2.05, 4.69) is 5.32 Å². The summed E-state index contributed by atoms with van der Waals surface area (Å²) in [7, 11) is -3.69. The maximum atomic E-state index is 14.6. The molecule has 2 aromatic rings. The zero-order valence-electron chi connectivity index (χ0n) is 13.7. The van der Waals surface area contributed by atoms with Gasteiger partial charge >= 0.3 is 0 Å². The molecule has 4 nitrogen and oxygen atoms in total. The van der Waals surface area contributed by atoms with Crippen LogP contribution in [0.1, 0.15) is 24.8 Å². The summed E-state index contributed by atoms with van der Waals surface area (Å²) < 4.78 is 39.8. The standard InChI is InChI=1S/C19H19FN2O2S/c20-15-11-19-16(12-18(15)22-9-5-2-6-10-22)21-17(13-25(19,23)24)14-7-3-1-4-8-14/h1,3-4,7-8,11-13,21H,2,5-6,9-10H2. The first-order chi connectivity index (χ1) is 12.0. The number of halogens is 1. The maximum Gasteiger partial charge on any atom is 0.204 e. The van der Waals surface area contributed by atoms with Crippen molar-refractivity contribution in [3.63, 3.8) is 0 Å². The minimum atomic E-state index is -3.69. The SMILES string of the molecule is O=S1(=O)C=C(c2ccccc2)Nc2cc(N3CCCCC3)c(F)cc21. The molecule has 0 bridgehead atoms. The van der Waals surface area contributed by atoms with Crippen LogP contribution in [0.2, 0.25) is 0 Å². The number of benzene rings is 2. The van der Waals surface area contributed by atoms with Crippen LogP contribution in [-0.4, -0.2) is 21.5 Å². The van der Waals surface area contributed by atoms with Gasteiger partial charge in [0.15, 0.2) is 0 Å². The number of hydrogen-bond donors (Lipinski definition) is 1. The molecule has 4 rings (SSSR count). The number of anilines is 2. The van der Waals surface area contributed by atoms with E-state index in [1.807, 2.05) is 35.2 Å². The molecular formula is C19H19FN2O2S. The second-order valence-corrected chi connectivity index (χ2v) is 8.18. The molecule has 2 heterocycles. The first kappa shape index (κ1) is 16.1. The van der Waals surface area contributed by atoms with E-state index in [4.69, 9.17) is 0 Å². The lowest BCUT2D eigenvalue weighted by Crippen LogP contribution is -2.30. The predicted molar refractivity (Wildman–Crippen MR) is 97.7 cm³/mol. The van der Waals surface area contributed by atoms with E-state index < -0.39 is 15.7 Å². The van der Waals surface area contributed by atoms with Gasteiger partial charge in [0.1, 0.15) is 5.82 Å². The minimum Gasteiger partial charge on any atom is -0.369 e. The van der Waals surface area contributed by atoms with Gasteiger partial charge in [-0.05, 0) is 37.0 Å². The van der Waals surface area contributed by atoms with Gasteiger partial charge in [-0.25, -0.2) is 12.8 Å². The Kier molecular flexibility index (Phi) is 4.00. The molecule has 0 aliphatic carbocycles. The molecule has 0 saturated carbocycles. The fourth-order valence-corrected chi connectivity index (χ4v) is 4.72. The lowest BCUT2D eigenvalue weighted by atomic mass is 10.1. The highest BCUT2D eigenvalue weighted by Gasteiger charge is 2.27. The summed E-state index contributed by atoms with van der Waals surface area (Å²) in [6.07, 6.45) is 3.20. The Morgan fingerprint density at radius 3 is 2.44 bits per heavy atom. The number of hydrogen-bond acceptors (Lipinski definition) is 4. The maximum absolute atomic E-state index is 14.6. The van der Waals surface area contributed by atoms with E-state index in [-0.39, 0.29) is 4.90 Å². The molecule has 25 heavy (non-hydrogen) atoms. The monoisotopic (exact) mass is 358 g/mol. The highest BCUT2D eigenvalue weighted by molar-refractivity contribution is 7.94. The smallest absolute Gasteiger partial charge is 0.204 e. The van der Waals surface area contributed by atoms with Gasteiger partial charge in [-0.2, -0.15) is 0 Å². The van der Waals surface area contributed by atoms with Gasteiger partial charge < -0.3 is 10.2 Å². The van der Waals surface area contributed by atoms with E-state index in [9.17, 15) is 12.8 Å². The molecule has 1 saturated heterocycles. The van der Waals surface area contributed by atoms with Gasteiger partial charge in [0.05, 0.1) is 27.4 Å². The van der Waals surface area contributed by atoms with Crippen LogP contribution in [0.3, 0.4) is 0 Å². The van der Waals surface area contributed by atoms with Crippen molar-refractivity contribution < 1.29 is 12.8 Å². The summed E-state index contributed by atoms with van der Waals surface area (Å²) in [6.45, 7) is 1.59. The lowest BCUT2D eigenvalue weighted by molar-refractivity contribution is 0.555. The number of piperidine rings is 1. The van der Waals surface area contributed by atoms with Gasteiger partial charge in [-0.3, -0.25) is 0 Å². The molecular weight excluding hydrogens is 339 g/mol. The highest BCUT2D eigenvalue weighted by Crippen LogP contribution is 2.37. The highest BCUT2D eigenvalue weighted by atomic mass is 32.2. The summed E-state index contributed by atoms with van der Waals surface area (Å²) in [5.74, 6) is -0.484. The van der Waals surface area contributed by atoms with Crippen molar-refractivity contribution in [2.75, 3.05) is 23.3 Å². The third kappa shape index (κ3) is 3.02. The van der Waals surface area contributed by atoms with Crippen molar-refractivity contribution in [1.29, 1.82) is 0 Å². The number of fused-ring (bicyclic) bond motifs is 1. The Morgan fingerprint density at radius 2 is 1.72 bits per heavy atom. The second kappa shape index (κ2) is 6.19. The molecule has 2 aromatic carbocycles. The first-order valence-corrected chi connectivity index (χ1v) is 9.97. The zero-order valence-corrected chi connectivity index (χ0v) is 14.5. The first-order valence-electron chi connectivity index (χ1n) is 8.42. The molecule has 1 fully saturated rings. The van der Waals surface area contributed by atoms with E-state index in [1.165, 1.54) is 5.41 Å². The van der Waals surface area contributed by atoms with E-state index in [0.29, 0.717) is 17.1 Å². The van der Waals surface area contributed by atoms with Crippen LogP contribution in [0.25, 0.3) is 5.70 Å². The van der Waals surface area contributed by atoms with E-state index in [1.54, 1.807) is 6.07 Å². The summed E-state index contributed by atoms with van der Waals surface area (Å²) in [4.78, 5) is 1.99. The van der Waals surface area contributed by atoms with Gasteiger partial charge in [-0.15, -0.1) is 0 Å². The number of rotatable bonds is 2. The van der Waals surface area contributed by atoms with Crippen molar-refractivity contribution in [3.8, 4) is 0 Å². The van der Waals surface area contributed by atoms with Crippen LogP contribution in [-0.2, 0) is 9.84 Å². The van der Waals surface area contributed by atoms with Gasteiger partial charge in [0.25, 0.3) is 0 Å². The summed E-state index contributed by atoms with van der Waals surface area (Å²) in [5.41, 5.74) is 2.18. The Labute approximate surface area is 146 Å². The summed E-state index contributed by atoms with van der Waals surface area (Å²) in [5, 5.41) is 4.34. The third-order valence-electron chi connectivity index (χ3n) is 4.68. The van der Waals surface area contributed by atoms with E-state index >= 15 is 0 Å². The van der Waals surface area contributed by atoms with Crippen molar-refractivity contribution in [3.05, 3.63) is 59.3 Å². The molecule has 0 amide bonds. The van der Waals surface area contributed by atoms with Crippen molar-refractivity contribution >= 4 is 26.9 Å². The predicted octanol–water partition coefficient (Wildman–Crippen LogP) is 4.01. The van der Waals surface area contributed by atoms with Crippen LogP contribution >= 0.6 is 0 Å². The largest absolute Gasteiger partial charge is 0.369 e. The van der Waals surface area contributed by atoms with Gasteiger partial charge in [0, 0.05) is 13.1 Å². The van der Waals surface area contributed by atoms with Crippen LogP contribution in [0.4, 0.5) is 15.8 Å². The number of nitrogens with one attached hydrogen (secondary N) is 1. The van der Waals surface area contributed by atoms with E-state index in [0.717, 1.165) is 44.0 Å². The molecule has 2 aliphatic rings. The Morgan fingerprint density at radius 1 is 1.00 bits per heavy atom. The topological polar surface area (TPSA) is 49.4 Å². The molecule has 0 spiro atoms. The molecule has 0 aromatic heterocycles. The van der Waals surface area contributed by atoms with Crippen molar-refractivity contribution in [1.82, 2.24) is 0 Å². The Balaban J connectivity index is 1.78. The molecule has 6 heteroatoms. The fraction of sp³-hybridized carbons (Fsp3) is 0.263. The molecule has 2 aliphatic heterocycles.